The molecule has 0 aromatic carbocycles. The lowest BCUT2D eigenvalue weighted by Gasteiger charge is -2.16. The monoisotopic (exact) mass is 280 g/mol. The van der Waals surface area contributed by atoms with Crippen molar-refractivity contribution < 1.29 is 0 Å². The summed E-state index contributed by atoms with van der Waals surface area (Å²) >= 11 is 0. The van der Waals surface area contributed by atoms with Crippen molar-refractivity contribution in [2.24, 2.45) is 0 Å². The maximum atomic E-state index is 12.6. The van der Waals surface area contributed by atoms with Crippen molar-refractivity contribution in [2.45, 2.75) is 39.5 Å². The lowest BCUT2D eigenvalue weighted by Crippen LogP contribution is -2.29. The lowest BCUT2D eigenvalue weighted by atomic mass is 9.94. The zero-order valence-corrected chi connectivity index (χ0v) is 12.2. The molecule has 106 valence electrons. The number of hydrogen-bond donors (Lipinski definition) is 0. The highest BCUT2D eigenvalue weighted by Crippen LogP contribution is 2.22. The summed E-state index contributed by atoms with van der Waals surface area (Å²) in [4.78, 5) is 20.5. The fourth-order valence-electron chi connectivity index (χ4n) is 2.78. The Morgan fingerprint density at radius 1 is 1.29 bits per heavy atom. The molecule has 0 radical (unpaired) electrons. The molecule has 0 spiro atoms. The van der Waals surface area contributed by atoms with Crippen LogP contribution in [0, 0.1) is 20.4 Å². The van der Waals surface area contributed by atoms with Gasteiger partial charge in [-0.05, 0) is 56.7 Å². The molecule has 5 nitrogen and oxygen atoms in total. The van der Waals surface area contributed by atoms with E-state index in [1.165, 1.54) is 4.68 Å². The molecular weight excluding hydrogens is 264 g/mol. The molecule has 21 heavy (non-hydrogen) atoms. The smallest absolute Gasteiger partial charge is 0.267 e. The summed E-state index contributed by atoms with van der Waals surface area (Å²) in [6, 6.07) is 1.76. The van der Waals surface area contributed by atoms with Crippen molar-refractivity contribution in [3.63, 3.8) is 0 Å². The predicted octanol–water partition coefficient (Wildman–Crippen LogP) is 2.67. The van der Waals surface area contributed by atoms with Crippen LogP contribution in [0.25, 0.3) is 10.7 Å². The van der Waals surface area contributed by atoms with Crippen molar-refractivity contribution in [2.75, 3.05) is 0 Å². The summed E-state index contributed by atoms with van der Waals surface area (Å²) in [6.07, 6.45) is 5.70. The van der Waals surface area contributed by atoms with Crippen LogP contribution < -0.4 is 5.56 Å². The van der Waals surface area contributed by atoms with Crippen LogP contribution >= 0.6 is 0 Å². The topological polar surface area (TPSA) is 52.1 Å². The predicted molar refractivity (Wildman–Crippen MR) is 80.0 cm³/mol. The molecule has 1 aliphatic carbocycles. The Morgan fingerprint density at radius 2 is 2.05 bits per heavy atom. The Kier molecular flexibility index (Phi) is 3.30. The first-order chi connectivity index (χ1) is 10.1. The second-order valence-electron chi connectivity index (χ2n) is 5.42. The molecule has 0 saturated heterocycles. The van der Waals surface area contributed by atoms with E-state index in [1.54, 1.807) is 19.2 Å². The molecule has 0 atom stereocenters. The van der Waals surface area contributed by atoms with E-state index in [9.17, 15) is 4.79 Å². The molecule has 0 bridgehead atoms. The number of rotatable bonds is 1. The highest BCUT2D eigenvalue weighted by atomic mass is 16.1. The molecule has 1 aliphatic rings. The normalized spacial score (nSPS) is 13.6. The maximum absolute atomic E-state index is 12.6. The molecule has 5 heteroatoms. The van der Waals surface area contributed by atoms with Gasteiger partial charge in [-0.25, -0.2) is 9.83 Å². The van der Waals surface area contributed by atoms with Crippen molar-refractivity contribution >= 4 is 5.69 Å². The van der Waals surface area contributed by atoms with Crippen LogP contribution in [0.15, 0.2) is 17.1 Å². The van der Waals surface area contributed by atoms with Gasteiger partial charge in [-0.3, -0.25) is 4.79 Å². The fourth-order valence-corrected chi connectivity index (χ4v) is 2.78. The Bertz CT molecular complexity index is 814. The second kappa shape index (κ2) is 5.13. The van der Waals surface area contributed by atoms with E-state index in [-0.39, 0.29) is 5.56 Å². The quantitative estimate of drug-likeness (QED) is 0.755. The van der Waals surface area contributed by atoms with Gasteiger partial charge >= 0.3 is 0 Å². The number of pyridine rings is 1. The van der Waals surface area contributed by atoms with Crippen LogP contribution in [-0.4, -0.2) is 14.8 Å². The molecule has 2 heterocycles. The SMILES string of the molecule is [C-]#[N+]c1cc(C)c(-n2ncc3c(c2=O)CCCC3)nc1C. The standard InChI is InChI=1S/C16H16N4O/c1-10-8-14(17-3)11(2)19-15(10)20-16(21)13-7-5-4-6-12(13)9-18-20/h8-9H,4-7H2,1-2H3. The minimum atomic E-state index is -0.0715. The van der Waals surface area contributed by atoms with Crippen molar-refractivity contribution in [3.05, 3.63) is 56.4 Å². The van der Waals surface area contributed by atoms with Crippen LogP contribution in [0.3, 0.4) is 0 Å². The number of fused-ring (bicyclic) bond motifs is 1. The van der Waals surface area contributed by atoms with Crippen LogP contribution in [-0.2, 0) is 12.8 Å². The van der Waals surface area contributed by atoms with E-state index < -0.39 is 0 Å². The third-order valence-electron chi connectivity index (χ3n) is 3.96. The van der Waals surface area contributed by atoms with Gasteiger partial charge in [0.15, 0.2) is 5.82 Å². The first kappa shape index (κ1) is 13.5. The van der Waals surface area contributed by atoms with Gasteiger partial charge < -0.3 is 0 Å². The summed E-state index contributed by atoms with van der Waals surface area (Å²) in [5.74, 6) is 0.526. The average molecular weight is 280 g/mol. The molecule has 0 aliphatic heterocycles. The van der Waals surface area contributed by atoms with Gasteiger partial charge in [0, 0.05) is 11.3 Å². The van der Waals surface area contributed by atoms with E-state index >= 15 is 0 Å². The first-order valence-electron chi connectivity index (χ1n) is 7.08. The summed E-state index contributed by atoms with van der Waals surface area (Å²) in [5, 5.41) is 4.28. The molecule has 3 rings (SSSR count). The minimum absolute atomic E-state index is 0.0715. The van der Waals surface area contributed by atoms with Crippen LogP contribution in [0.5, 0.6) is 0 Å². The van der Waals surface area contributed by atoms with Gasteiger partial charge in [0.2, 0.25) is 5.69 Å². The molecule has 0 saturated carbocycles. The Labute approximate surface area is 123 Å². The van der Waals surface area contributed by atoms with Crippen molar-refractivity contribution in [1.82, 2.24) is 14.8 Å². The van der Waals surface area contributed by atoms with Crippen molar-refractivity contribution in [3.8, 4) is 5.82 Å². The average Bonchev–Trinajstić information content (AvgIpc) is 2.50. The van der Waals surface area contributed by atoms with E-state index in [4.69, 9.17) is 6.57 Å². The number of nitrogens with zero attached hydrogens (tertiary/aromatic N) is 4. The highest BCUT2D eigenvalue weighted by Gasteiger charge is 2.18. The fraction of sp³-hybridized carbons (Fsp3) is 0.375. The summed E-state index contributed by atoms with van der Waals surface area (Å²) in [7, 11) is 0. The van der Waals surface area contributed by atoms with E-state index in [2.05, 4.69) is 14.9 Å². The number of hydrogen-bond acceptors (Lipinski definition) is 3. The van der Waals surface area contributed by atoms with Gasteiger partial charge in [0.25, 0.3) is 5.56 Å². The van der Waals surface area contributed by atoms with Gasteiger partial charge in [0.1, 0.15) is 0 Å². The molecule has 2 aromatic heterocycles. The van der Waals surface area contributed by atoms with Crippen LogP contribution in [0.2, 0.25) is 0 Å². The highest BCUT2D eigenvalue weighted by molar-refractivity contribution is 5.54. The summed E-state index contributed by atoms with van der Waals surface area (Å²) < 4.78 is 1.38. The van der Waals surface area contributed by atoms with E-state index in [0.29, 0.717) is 17.2 Å². The van der Waals surface area contributed by atoms with Gasteiger partial charge in [-0.1, -0.05) is 0 Å². The van der Waals surface area contributed by atoms with Gasteiger partial charge in [-0.15, -0.1) is 0 Å². The molecule has 0 unspecified atom stereocenters. The largest absolute Gasteiger partial charge is 0.276 e. The first-order valence-corrected chi connectivity index (χ1v) is 7.08. The second-order valence-corrected chi connectivity index (χ2v) is 5.42. The maximum Gasteiger partial charge on any atom is 0.276 e. The molecule has 0 fully saturated rings. The summed E-state index contributed by atoms with van der Waals surface area (Å²) in [5.41, 5.74) is 3.79. The van der Waals surface area contributed by atoms with Crippen LogP contribution in [0.1, 0.15) is 35.2 Å². The molecular formula is C16H16N4O. The molecule has 0 N–H and O–H groups in total. The molecule has 0 amide bonds. The van der Waals surface area contributed by atoms with Gasteiger partial charge in [-0.2, -0.15) is 9.78 Å². The molecule has 2 aromatic rings. The Morgan fingerprint density at radius 3 is 2.81 bits per heavy atom. The van der Waals surface area contributed by atoms with E-state index in [0.717, 1.165) is 42.4 Å². The third-order valence-corrected chi connectivity index (χ3v) is 3.96. The van der Waals surface area contributed by atoms with Crippen molar-refractivity contribution in [1.29, 1.82) is 0 Å². The summed E-state index contributed by atoms with van der Waals surface area (Å²) in [6.45, 7) is 10.8. The lowest BCUT2D eigenvalue weighted by molar-refractivity contribution is 0.644. The van der Waals surface area contributed by atoms with Crippen LogP contribution in [0.4, 0.5) is 5.69 Å². The Hall–Kier alpha value is -2.48. The number of aryl methyl sites for hydroxylation is 3. The number of aromatic nitrogens is 3. The zero-order valence-electron chi connectivity index (χ0n) is 12.2. The Balaban J connectivity index is 2.20. The zero-order chi connectivity index (χ0) is 15.0. The van der Waals surface area contributed by atoms with Gasteiger partial charge in [0.05, 0.1) is 12.8 Å². The third kappa shape index (κ3) is 2.23. The van der Waals surface area contributed by atoms with E-state index in [1.807, 2.05) is 6.92 Å². The minimum Gasteiger partial charge on any atom is -0.267 e.